The molecule has 1 rings (SSSR count). The van der Waals surface area contributed by atoms with Crippen molar-refractivity contribution in [1.29, 1.82) is 0 Å². The molecule has 0 aromatic rings. The van der Waals surface area contributed by atoms with Crippen LogP contribution in [-0.4, -0.2) is 34.2 Å². The van der Waals surface area contributed by atoms with Crippen molar-refractivity contribution in [2.75, 3.05) is 0 Å². The second-order valence-corrected chi connectivity index (χ2v) is 2.40. The molecule has 66 valence electrons. The van der Waals surface area contributed by atoms with E-state index < -0.39 is 36.4 Å². The fraction of sp³-hybridized carbons (Fsp3) is 0.500. The van der Waals surface area contributed by atoms with Gasteiger partial charge < -0.3 is 14.9 Å². The van der Waals surface area contributed by atoms with Gasteiger partial charge in [-0.3, -0.25) is 9.59 Å². The largest absolute Gasteiger partial charge is 0.481 e. The number of ether oxygens (including phenoxy) is 1. The van der Waals surface area contributed by atoms with Crippen LogP contribution >= 0.6 is 0 Å². The molecule has 0 aromatic carbocycles. The van der Waals surface area contributed by atoms with Crippen molar-refractivity contribution in [2.45, 2.75) is 12.5 Å². The molecule has 1 saturated heterocycles. The number of esters is 1. The predicted octanol–water partition coefficient (Wildman–Crippen LogP) is -0.913. The molecule has 0 spiro atoms. The predicted molar refractivity (Wildman–Crippen MR) is 33.3 cm³/mol. The molecule has 1 aliphatic heterocycles. The molecule has 0 radical (unpaired) electrons. The lowest BCUT2D eigenvalue weighted by Crippen LogP contribution is -2.50. The van der Waals surface area contributed by atoms with E-state index in [4.69, 9.17) is 10.2 Å². The molecule has 0 saturated carbocycles. The summed E-state index contributed by atoms with van der Waals surface area (Å²) < 4.78 is 4.21. The highest BCUT2D eigenvalue weighted by molar-refractivity contribution is 5.92. The number of carbonyl (C=O) groups is 3. The van der Waals surface area contributed by atoms with Crippen LogP contribution in [-0.2, 0) is 19.1 Å². The first-order valence-corrected chi connectivity index (χ1v) is 3.17. The smallest absolute Gasteiger partial charge is 0.345 e. The molecule has 0 bridgehead atoms. The van der Waals surface area contributed by atoms with E-state index in [1.165, 1.54) is 0 Å². The Labute approximate surface area is 66.7 Å². The average Bonchev–Trinajstić information content (AvgIpc) is 1.95. The summed E-state index contributed by atoms with van der Waals surface area (Å²) in [7, 11) is 0. The normalized spacial score (nSPS) is 27.2. The zero-order chi connectivity index (χ0) is 9.30. The zero-order valence-corrected chi connectivity index (χ0v) is 5.89. The molecule has 1 fully saturated rings. The number of carboxylic acids is 2. The van der Waals surface area contributed by atoms with E-state index in [2.05, 4.69) is 4.74 Å². The molecule has 6 heteroatoms. The van der Waals surface area contributed by atoms with Crippen LogP contribution in [0, 0.1) is 5.92 Å². The second kappa shape index (κ2) is 2.80. The molecule has 1 aliphatic rings. The van der Waals surface area contributed by atoms with Gasteiger partial charge in [0.2, 0.25) is 6.10 Å². The highest BCUT2D eigenvalue weighted by atomic mass is 16.6. The first kappa shape index (κ1) is 8.51. The van der Waals surface area contributed by atoms with E-state index in [0.29, 0.717) is 0 Å². The van der Waals surface area contributed by atoms with E-state index in [1.54, 1.807) is 0 Å². The quantitative estimate of drug-likeness (QED) is 0.537. The van der Waals surface area contributed by atoms with Gasteiger partial charge in [0.1, 0.15) is 5.92 Å². The third kappa shape index (κ3) is 1.36. The first-order valence-electron chi connectivity index (χ1n) is 3.17. The van der Waals surface area contributed by atoms with Crippen molar-refractivity contribution < 1.29 is 29.3 Å². The van der Waals surface area contributed by atoms with Gasteiger partial charge in [-0.2, -0.15) is 0 Å². The van der Waals surface area contributed by atoms with Crippen LogP contribution in [0.3, 0.4) is 0 Å². The second-order valence-electron chi connectivity index (χ2n) is 2.40. The topological polar surface area (TPSA) is 101 Å². The third-order valence-electron chi connectivity index (χ3n) is 1.55. The van der Waals surface area contributed by atoms with E-state index in [9.17, 15) is 14.4 Å². The third-order valence-corrected chi connectivity index (χ3v) is 1.55. The van der Waals surface area contributed by atoms with Gasteiger partial charge in [0.05, 0.1) is 6.42 Å². The van der Waals surface area contributed by atoms with Gasteiger partial charge in [-0.15, -0.1) is 0 Å². The number of rotatable bonds is 3. The van der Waals surface area contributed by atoms with Gasteiger partial charge in [-0.25, -0.2) is 4.79 Å². The first-order chi connectivity index (χ1) is 5.52. The van der Waals surface area contributed by atoms with Crippen LogP contribution in [0.4, 0.5) is 0 Å². The fourth-order valence-electron chi connectivity index (χ4n) is 0.947. The maximum absolute atomic E-state index is 10.5. The Morgan fingerprint density at radius 1 is 1.42 bits per heavy atom. The maximum atomic E-state index is 10.5. The number of carboxylic acid groups (broad SMARTS) is 2. The van der Waals surface area contributed by atoms with Gasteiger partial charge in [0.15, 0.2) is 0 Å². The summed E-state index contributed by atoms with van der Waals surface area (Å²) in [6.45, 7) is 0. The number of hydrogen-bond donors (Lipinski definition) is 2. The Hall–Kier alpha value is -1.59. The monoisotopic (exact) mass is 174 g/mol. The summed E-state index contributed by atoms with van der Waals surface area (Å²) in [6, 6.07) is 0. The van der Waals surface area contributed by atoms with E-state index in [0.717, 1.165) is 0 Å². The summed E-state index contributed by atoms with van der Waals surface area (Å²) in [6.07, 6.45) is -1.77. The minimum atomic E-state index is -1.30. The van der Waals surface area contributed by atoms with Crippen molar-refractivity contribution in [1.82, 2.24) is 0 Å². The highest BCUT2D eigenvalue weighted by Gasteiger charge is 2.48. The SMILES string of the molecule is O=C(O)C[C@@H]1C(=O)O[C@H]1C(=O)O. The van der Waals surface area contributed by atoms with Crippen molar-refractivity contribution >= 4 is 17.9 Å². The molecule has 1 heterocycles. The van der Waals surface area contributed by atoms with Crippen molar-refractivity contribution in [3.05, 3.63) is 0 Å². The Morgan fingerprint density at radius 2 is 2.00 bits per heavy atom. The van der Waals surface area contributed by atoms with Crippen molar-refractivity contribution in [2.24, 2.45) is 5.92 Å². The van der Waals surface area contributed by atoms with Crippen LogP contribution in [0.1, 0.15) is 6.42 Å². The minimum absolute atomic E-state index is 0.490. The number of aliphatic carboxylic acids is 2. The Morgan fingerprint density at radius 3 is 2.33 bits per heavy atom. The standard InChI is InChI=1S/C6H6O6/c7-3(8)1-2-4(5(9)10)12-6(2)11/h2,4H,1H2,(H,7,8)(H,9,10)/t2-,4+/m0/s1. The molecular weight excluding hydrogens is 168 g/mol. The molecular formula is C6H6O6. The molecule has 6 nitrogen and oxygen atoms in total. The molecule has 0 aliphatic carbocycles. The maximum Gasteiger partial charge on any atom is 0.345 e. The average molecular weight is 174 g/mol. The summed E-state index contributed by atoms with van der Waals surface area (Å²) >= 11 is 0. The van der Waals surface area contributed by atoms with Crippen LogP contribution in [0.5, 0.6) is 0 Å². The molecule has 2 N–H and O–H groups in total. The lowest BCUT2D eigenvalue weighted by molar-refractivity contribution is -0.197. The Balaban J connectivity index is 2.56. The fourth-order valence-corrected chi connectivity index (χ4v) is 0.947. The van der Waals surface area contributed by atoms with E-state index >= 15 is 0 Å². The summed E-state index contributed by atoms with van der Waals surface area (Å²) in [4.78, 5) is 30.9. The summed E-state index contributed by atoms with van der Waals surface area (Å²) in [5.41, 5.74) is 0. The van der Waals surface area contributed by atoms with Gasteiger partial charge in [0, 0.05) is 0 Å². The highest BCUT2D eigenvalue weighted by Crippen LogP contribution is 2.25. The van der Waals surface area contributed by atoms with Crippen molar-refractivity contribution in [3.8, 4) is 0 Å². The van der Waals surface area contributed by atoms with Gasteiger partial charge in [0.25, 0.3) is 0 Å². The number of cyclic esters (lactones) is 1. The van der Waals surface area contributed by atoms with Gasteiger partial charge in [-0.05, 0) is 0 Å². The Kier molecular flexibility index (Phi) is 1.99. The Bertz CT molecular complexity index is 244. The van der Waals surface area contributed by atoms with Gasteiger partial charge in [-0.1, -0.05) is 0 Å². The van der Waals surface area contributed by atoms with Crippen LogP contribution < -0.4 is 0 Å². The van der Waals surface area contributed by atoms with E-state index in [-0.39, 0.29) is 0 Å². The van der Waals surface area contributed by atoms with Crippen LogP contribution in [0.25, 0.3) is 0 Å². The molecule has 0 amide bonds. The lowest BCUT2D eigenvalue weighted by atomic mass is 9.93. The summed E-state index contributed by atoms with van der Waals surface area (Å²) in [5.74, 6) is -4.30. The number of carbonyl (C=O) groups excluding carboxylic acids is 1. The molecule has 12 heavy (non-hydrogen) atoms. The molecule has 0 unspecified atom stereocenters. The van der Waals surface area contributed by atoms with Crippen LogP contribution in [0.15, 0.2) is 0 Å². The summed E-state index contributed by atoms with van der Waals surface area (Å²) in [5, 5.41) is 16.6. The van der Waals surface area contributed by atoms with Crippen molar-refractivity contribution in [3.63, 3.8) is 0 Å². The van der Waals surface area contributed by atoms with Crippen LogP contribution in [0.2, 0.25) is 0 Å². The zero-order valence-electron chi connectivity index (χ0n) is 5.89. The van der Waals surface area contributed by atoms with Gasteiger partial charge >= 0.3 is 17.9 Å². The minimum Gasteiger partial charge on any atom is -0.481 e. The molecule has 0 aromatic heterocycles. The molecule has 2 atom stereocenters. The van der Waals surface area contributed by atoms with E-state index in [1.807, 2.05) is 0 Å². The lowest BCUT2D eigenvalue weighted by Gasteiger charge is -2.30. The number of hydrogen-bond acceptors (Lipinski definition) is 4.